The average Bonchev–Trinajstić information content (AvgIpc) is 2.62. The Balaban J connectivity index is 1.47. The highest BCUT2D eigenvalue weighted by molar-refractivity contribution is 6.31. The normalized spacial score (nSPS) is 15.8. The van der Waals surface area contributed by atoms with Crippen LogP contribution < -0.4 is 5.32 Å². The molecule has 1 heterocycles. The van der Waals surface area contributed by atoms with E-state index in [1.54, 1.807) is 6.07 Å². The quantitative estimate of drug-likeness (QED) is 0.870. The van der Waals surface area contributed by atoms with Crippen molar-refractivity contribution < 1.29 is 4.79 Å². The SMILES string of the molecule is Cc1ccccc1CN1CCN(CC(=O)Nc2cc(Cl)ccc2C)CC1. The van der Waals surface area contributed by atoms with Gasteiger partial charge in [0.15, 0.2) is 0 Å². The fraction of sp³-hybridized carbons (Fsp3) is 0.381. The molecule has 2 aromatic rings. The number of nitrogens with one attached hydrogen (secondary N) is 1. The monoisotopic (exact) mass is 371 g/mol. The van der Waals surface area contributed by atoms with Gasteiger partial charge in [0.25, 0.3) is 0 Å². The van der Waals surface area contributed by atoms with Gasteiger partial charge in [0, 0.05) is 43.4 Å². The van der Waals surface area contributed by atoms with Crippen LogP contribution in [0.3, 0.4) is 0 Å². The number of benzene rings is 2. The number of rotatable bonds is 5. The molecule has 0 aromatic heterocycles. The number of amides is 1. The van der Waals surface area contributed by atoms with Crippen LogP contribution in [0.5, 0.6) is 0 Å². The molecule has 0 radical (unpaired) electrons. The second-order valence-corrected chi connectivity index (χ2v) is 7.42. The van der Waals surface area contributed by atoms with E-state index in [0.717, 1.165) is 44.0 Å². The van der Waals surface area contributed by atoms with Gasteiger partial charge in [-0.05, 0) is 42.7 Å². The Kier molecular flexibility index (Phi) is 6.30. The van der Waals surface area contributed by atoms with E-state index >= 15 is 0 Å². The molecule has 0 unspecified atom stereocenters. The molecule has 0 aliphatic carbocycles. The zero-order valence-corrected chi connectivity index (χ0v) is 16.2. The van der Waals surface area contributed by atoms with Crippen LogP contribution in [0.15, 0.2) is 42.5 Å². The molecule has 1 aliphatic rings. The molecule has 138 valence electrons. The predicted molar refractivity (Wildman–Crippen MR) is 108 cm³/mol. The summed E-state index contributed by atoms with van der Waals surface area (Å²) in [6.07, 6.45) is 0. The topological polar surface area (TPSA) is 35.6 Å². The number of carbonyl (C=O) groups excluding carboxylic acids is 1. The first kappa shape index (κ1) is 18.9. The number of halogens is 1. The van der Waals surface area contributed by atoms with Crippen molar-refractivity contribution in [2.75, 3.05) is 38.0 Å². The minimum absolute atomic E-state index is 0.0164. The third-order valence-corrected chi connectivity index (χ3v) is 5.20. The summed E-state index contributed by atoms with van der Waals surface area (Å²) in [6.45, 7) is 9.32. The van der Waals surface area contributed by atoms with Crippen LogP contribution in [0, 0.1) is 13.8 Å². The third kappa shape index (κ3) is 5.07. The van der Waals surface area contributed by atoms with Crippen LogP contribution in [-0.2, 0) is 11.3 Å². The maximum atomic E-state index is 12.4. The summed E-state index contributed by atoms with van der Waals surface area (Å²) in [4.78, 5) is 17.0. The molecular formula is C21H26ClN3O. The fourth-order valence-electron chi connectivity index (χ4n) is 3.26. The van der Waals surface area contributed by atoms with E-state index in [4.69, 9.17) is 11.6 Å². The van der Waals surface area contributed by atoms with Crippen molar-refractivity contribution in [2.45, 2.75) is 20.4 Å². The standard InChI is InChI=1S/C21H26ClN3O/c1-16-5-3-4-6-18(16)14-24-9-11-25(12-10-24)15-21(26)23-20-13-19(22)8-7-17(20)2/h3-8,13H,9-12,14-15H2,1-2H3,(H,23,26). The first-order valence-corrected chi connectivity index (χ1v) is 9.44. The number of hydrogen-bond donors (Lipinski definition) is 1. The van der Waals surface area contributed by atoms with Gasteiger partial charge in [0.05, 0.1) is 6.54 Å². The molecule has 1 aliphatic heterocycles. The van der Waals surface area contributed by atoms with Crippen molar-refractivity contribution in [1.29, 1.82) is 0 Å². The number of piperazine rings is 1. The zero-order valence-electron chi connectivity index (χ0n) is 15.5. The van der Waals surface area contributed by atoms with E-state index in [2.05, 4.69) is 46.3 Å². The van der Waals surface area contributed by atoms with Crippen molar-refractivity contribution in [3.8, 4) is 0 Å². The summed E-state index contributed by atoms with van der Waals surface area (Å²) in [5, 5.41) is 3.61. The van der Waals surface area contributed by atoms with Gasteiger partial charge in [-0.1, -0.05) is 41.9 Å². The van der Waals surface area contributed by atoms with Crippen molar-refractivity contribution in [2.24, 2.45) is 0 Å². The van der Waals surface area contributed by atoms with E-state index in [1.807, 2.05) is 19.1 Å². The minimum Gasteiger partial charge on any atom is -0.325 e. The average molecular weight is 372 g/mol. The van der Waals surface area contributed by atoms with Gasteiger partial charge >= 0.3 is 0 Å². The highest BCUT2D eigenvalue weighted by Crippen LogP contribution is 2.20. The Bertz CT molecular complexity index is 770. The van der Waals surface area contributed by atoms with Gasteiger partial charge in [-0.15, -0.1) is 0 Å². The molecule has 1 fully saturated rings. The first-order valence-electron chi connectivity index (χ1n) is 9.06. The lowest BCUT2D eigenvalue weighted by Crippen LogP contribution is -2.48. The fourth-order valence-corrected chi connectivity index (χ4v) is 3.43. The lowest BCUT2D eigenvalue weighted by molar-refractivity contribution is -0.117. The summed E-state index contributed by atoms with van der Waals surface area (Å²) in [6, 6.07) is 14.1. The van der Waals surface area contributed by atoms with Crippen molar-refractivity contribution in [1.82, 2.24) is 9.80 Å². The molecular weight excluding hydrogens is 346 g/mol. The van der Waals surface area contributed by atoms with E-state index in [0.29, 0.717) is 11.6 Å². The second kappa shape index (κ2) is 8.67. The smallest absolute Gasteiger partial charge is 0.238 e. The summed E-state index contributed by atoms with van der Waals surface area (Å²) in [7, 11) is 0. The summed E-state index contributed by atoms with van der Waals surface area (Å²) in [5.41, 5.74) is 4.54. The third-order valence-electron chi connectivity index (χ3n) is 4.96. The molecule has 5 heteroatoms. The molecule has 1 amide bonds. The molecule has 4 nitrogen and oxygen atoms in total. The van der Waals surface area contributed by atoms with E-state index in [-0.39, 0.29) is 5.91 Å². The van der Waals surface area contributed by atoms with E-state index < -0.39 is 0 Å². The second-order valence-electron chi connectivity index (χ2n) is 6.99. The minimum atomic E-state index is 0.0164. The summed E-state index contributed by atoms with van der Waals surface area (Å²) < 4.78 is 0. The van der Waals surface area contributed by atoms with Crippen LogP contribution in [0.2, 0.25) is 5.02 Å². The lowest BCUT2D eigenvalue weighted by atomic mass is 10.1. The number of carbonyl (C=O) groups is 1. The van der Waals surface area contributed by atoms with Crippen LogP contribution >= 0.6 is 11.6 Å². The van der Waals surface area contributed by atoms with Crippen LogP contribution in [0.25, 0.3) is 0 Å². The predicted octanol–water partition coefficient (Wildman–Crippen LogP) is 3.71. The molecule has 1 N–H and O–H groups in total. The van der Waals surface area contributed by atoms with Crippen molar-refractivity contribution >= 4 is 23.2 Å². The highest BCUT2D eigenvalue weighted by Gasteiger charge is 2.19. The molecule has 0 spiro atoms. The van der Waals surface area contributed by atoms with Gasteiger partial charge in [-0.25, -0.2) is 0 Å². The molecule has 1 saturated heterocycles. The van der Waals surface area contributed by atoms with Crippen molar-refractivity contribution in [3.63, 3.8) is 0 Å². The molecule has 3 rings (SSSR count). The lowest BCUT2D eigenvalue weighted by Gasteiger charge is -2.34. The zero-order chi connectivity index (χ0) is 18.5. The number of aryl methyl sites for hydroxylation is 2. The molecule has 26 heavy (non-hydrogen) atoms. The molecule has 0 atom stereocenters. The number of anilines is 1. The summed E-state index contributed by atoms with van der Waals surface area (Å²) in [5.74, 6) is 0.0164. The van der Waals surface area contributed by atoms with Gasteiger partial charge in [-0.2, -0.15) is 0 Å². The van der Waals surface area contributed by atoms with Gasteiger partial charge in [0.2, 0.25) is 5.91 Å². The van der Waals surface area contributed by atoms with Gasteiger partial charge in [0.1, 0.15) is 0 Å². The van der Waals surface area contributed by atoms with Gasteiger partial charge in [-0.3, -0.25) is 14.6 Å². The van der Waals surface area contributed by atoms with E-state index in [9.17, 15) is 4.79 Å². The Morgan fingerprint density at radius 3 is 2.42 bits per heavy atom. The summed E-state index contributed by atoms with van der Waals surface area (Å²) >= 11 is 6.02. The number of hydrogen-bond acceptors (Lipinski definition) is 3. The maximum absolute atomic E-state index is 12.4. The molecule has 0 bridgehead atoms. The molecule has 2 aromatic carbocycles. The van der Waals surface area contributed by atoms with Gasteiger partial charge < -0.3 is 5.32 Å². The number of nitrogens with zero attached hydrogens (tertiary/aromatic N) is 2. The van der Waals surface area contributed by atoms with Crippen molar-refractivity contribution in [3.05, 3.63) is 64.2 Å². The first-order chi connectivity index (χ1) is 12.5. The Morgan fingerprint density at radius 2 is 1.69 bits per heavy atom. The van der Waals surface area contributed by atoms with Crippen LogP contribution in [-0.4, -0.2) is 48.4 Å². The molecule has 0 saturated carbocycles. The van der Waals surface area contributed by atoms with E-state index in [1.165, 1.54) is 11.1 Å². The van der Waals surface area contributed by atoms with Crippen LogP contribution in [0.4, 0.5) is 5.69 Å². The Labute approximate surface area is 160 Å². The van der Waals surface area contributed by atoms with Crippen LogP contribution in [0.1, 0.15) is 16.7 Å². The Morgan fingerprint density at radius 1 is 1.00 bits per heavy atom. The Hall–Kier alpha value is -1.88. The largest absolute Gasteiger partial charge is 0.325 e. The highest BCUT2D eigenvalue weighted by atomic mass is 35.5. The maximum Gasteiger partial charge on any atom is 0.238 e.